The van der Waals surface area contributed by atoms with E-state index in [1.54, 1.807) is 0 Å². The van der Waals surface area contributed by atoms with Gasteiger partial charge < -0.3 is 9.64 Å². The molecule has 0 spiro atoms. The Morgan fingerprint density at radius 2 is 1.93 bits per heavy atom. The third kappa shape index (κ3) is 3.53. The highest BCUT2D eigenvalue weighted by Gasteiger charge is 2.54. The van der Waals surface area contributed by atoms with Crippen molar-refractivity contribution in [3.8, 4) is 0 Å². The summed E-state index contributed by atoms with van der Waals surface area (Å²) in [6, 6.07) is 8.63. The number of para-hydroxylation sites is 1. The van der Waals surface area contributed by atoms with E-state index >= 15 is 0 Å². The molecular weight excluding hydrogens is 358 g/mol. The van der Waals surface area contributed by atoms with Crippen molar-refractivity contribution in [2.24, 2.45) is 11.3 Å². The van der Waals surface area contributed by atoms with Gasteiger partial charge in [0.15, 0.2) is 5.78 Å². The van der Waals surface area contributed by atoms with Crippen molar-refractivity contribution in [2.75, 3.05) is 18.5 Å². The first-order valence-electron chi connectivity index (χ1n) is 11.0. The average Bonchev–Trinajstić information content (AvgIpc) is 2.61. The maximum absolute atomic E-state index is 13.3. The highest BCUT2D eigenvalue weighted by molar-refractivity contribution is 5.99. The van der Waals surface area contributed by atoms with Crippen molar-refractivity contribution < 1.29 is 9.53 Å². The molecule has 1 aliphatic carbocycles. The first-order valence-corrected chi connectivity index (χ1v) is 11.0. The minimum absolute atomic E-state index is 0.0332. The quantitative estimate of drug-likeness (QED) is 0.589. The summed E-state index contributed by atoms with van der Waals surface area (Å²) >= 11 is 0. The Bertz CT molecular complexity index is 890. The van der Waals surface area contributed by atoms with Gasteiger partial charge in [0.2, 0.25) is 0 Å². The number of ketones is 1. The summed E-state index contributed by atoms with van der Waals surface area (Å²) in [6.45, 7) is 11.9. The third-order valence-electron chi connectivity index (χ3n) is 7.08. The van der Waals surface area contributed by atoms with Crippen molar-refractivity contribution >= 4 is 11.5 Å². The molecule has 2 aliphatic heterocycles. The Kier molecular flexibility index (Phi) is 4.91. The predicted octanol–water partition coefficient (Wildman–Crippen LogP) is 6.01. The van der Waals surface area contributed by atoms with Crippen molar-refractivity contribution in [3.05, 3.63) is 52.8 Å². The minimum atomic E-state index is -0.273. The minimum Gasteiger partial charge on any atom is -0.491 e. The number of anilines is 1. The second kappa shape index (κ2) is 7.04. The molecule has 3 aliphatic rings. The molecule has 3 nitrogen and oxygen atoms in total. The van der Waals surface area contributed by atoms with Crippen LogP contribution in [0.4, 0.5) is 5.69 Å². The molecule has 0 N–H and O–H groups in total. The van der Waals surface area contributed by atoms with Crippen LogP contribution in [0.1, 0.15) is 71.8 Å². The maximum Gasteiger partial charge on any atom is 0.163 e. The second-order valence-electron chi connectivity index (χ2n) is 10.5. The van der Waals surface area contributed by atoms with Crippen molar-refractivity contribution in [1.82, 2.24) is 0 Å². The Balaban J connectivity index is 1.84. The largest absolute Gasteiger partial charge is 0.491 e. The van der Waals surface area contributed by atoms with E-state index in [0.29, 0.717) is 6.42 Å². The van der Waals surface area contributed by atoms with Gasteiger partial charge in [-0.05, 0) is 50.7 Å². The Hall–Kier alpha value is -2.03. The SMILES string of the molecule is CC(C)=CCC[C@@]1(C)OC2=C(C(=O)CC(C)(C)C2)[C@@H]2c3ccccc3N(C)C[C@@H]21. The number of hydrogen-bond acceptors (Lipinski definition) is 3. The summed E-state index contributed by atoms with van der Waals surface area (Å²) in [5.41, 5.74) is 4.56. The van der Waals surface area contributed by atoms with E-state index in [1.807, 2.05) is 0 Å². The van der Waals surface area contributed by atoms with Gasteiger partial charge in [0, 0.05) is 49.5 Å². The molecule has 3 atom stereocenters. The molecule has 1 aromatic rings. The van der Waals surface area contributed by atoms with Gasteiger partial charge in [-0.3, -0.25) is 4.79 Å². The molecule has 3 heteroatoms. The molecule has 0 bridgehead atoms. The molecule has 0 aromatic heterocycles. The van der Waals surface area contributed by atoms with E-state index in [0.717, 1.165) is 37.1 Å². The number of allylic oxidation sites excluding steroid dienone is 4. The van der Waals surface area contributed by atoms with Crippen molar-refractivity contribution in [1.29, 1.82) is 0 Å². The molecule has 0 fully saturated rings. The summed E-state index contributed by atoms with van der Waals surface area (Å²) in [4.78, 5) is 15.7. The highest BCUT2D eigenvalue weighted by Crippen LogP contribution is 2.56. The number of fused-ring (bicyclic) bond motifs is 4. The van der Waals surface area contributed by atoms with Gasteiger partial charge >= 0.3 is 0 Å². The van der Waals surface area contributed by atoms with Crippen molar-refractivity contribution in [2.45, 2.75) is 71.8 Å². The summed E-state index contributed by atoms with van der Waals surface area (Å²) in [5, 5.41) is 0. The molecule has 0 saturated carbocycles. The Morgan fingerprint density at radius 1 is 1.21 bits per heavy atom. The molecule has 29 heavy (non-hydrogen) atoms. The van der Waals surface area contributed by atoms with Gasteiger partial charge in [0.05, 0.1) is 0 Å². The monoisotopic (exact) mass is 393 g/mol. The number of carbonyl (C=O) groups is 1. The molecule has 4 rings (SSSR count). The molecular formula is C26H35NO2. The van der Waals surface area contributed by atoms with Gasteiger partial charge in [-0.15, -0.1) is 0 Å². The molecule has 2 heterocycles. The summed E-state index contributed by atoms with van der Waals surface area (Å²) < 4.78 is 6.80. The van der Waals surface area contributed by atoms with E-state index in [4.69, 9.17) is 4.74 Å². The molecule has 0 amide bonds. The van der Waals surface area contributed by atoms with E-state index < -0.39 is 0 Å². The molecule has 0 unspecified atom stereocenters. The van der Waals surface area contributed by atoms with Crippen LogP contribution in [0.3, 0.4) is 0 Å². The van der Waals surface area contributed by atoms with Gasteiger partial charge in [-0.25, -0.2) is 0 Å². The number of Topliss-reactive ketones (excluding diaryl/α,β-unsaturated/α-hetero) is 1. The number of nitrogens with zero attached hydrogens (tertiary/aromatic N) is 1. The van der Waals surface area contributed by atoms with E-state index in [9.17, 15) is 4.79 Å². The smallest absolute Gasteiger partial charge is 0.163 e. The maximum atomic E-state index is 13.3. The normalized spacial score (nSPS) is 30.1. The second-order valence-corrected chi connectivity index (χ2v) is 10.5. The first-order chi connectivity index (χ1) is 13.6. The molecule has 156 valence electrons. The zero-order chi connectivity index (χ0) is 21.0. The van der Waals surface area contributed by atoms with Crippen LogP contribution in [0.15, 0.2) is 47.2 Å². The van der Waals surface area contributed by atoms with Crippen LogP contribution < -0.4 is 4.90 Å². The Labute approximate surface area is 175 Å². The number of rotatable bonds is 3. The van der Waals surface area contributed by atoms with Crippen LogP contribution >= 0.6 is 0 Å². The lowest BCUT2D eigenvalue weighted by Gasteiger charge is -2.54. The molecule has 0 saturated heterocycles. The van der Waals surface area contributed by atoms with Gasteiger partial charge in [0.1, 0.15) is 11.4 Å². The lowest BCUT2D eigenvalue weighted by atomic mass is 9.62. The van der Waals surface area contributed by atoms with Gasteiger partial charge in [0.25, 0.3) is 0 Å². The number of ether oxygens (including phenoxy) is 1. The molecule has 1 aromatic carbocycles. The van der Waals surface area contributed by atoms with Crippen LogP contribution in [-0.2, 0) is 9.53 Å². The summed E-state index contributed by atoms with van der Waals surface area (Å²) in [6.07, 6.45) is 5.76. The van der Waals surface area contributed by atoms with Crippen LogP contribution in [0.25, 0.3) is 0 Å². The fraction of sp³-hybridized carbons (Fsp3) is 0.577. The zero-order valence-electron chi connectivity index (χ0n) is 18.8. The van der Waals surface area contributed by atoms with Crippen LogP contribution in [0.5, 0.6) is 0 Å². The van der Waals surface area contributed by atoms with Crippen LogP contribution in [0, 0.1) is 11.3 Å². The van der Waals surface area contributed by atoms with Crippen LogP contribution in [0.2, 0.25) is 0 Å². The third-order valence-corrected chi connectivity index (χ3v) is 7.08. The number of carbonyl (C=O) groups excluding carboxylic acids is 1. The van der Waals surface area contributed by atoms with Crippen LogP contribution in [-0.4, -0.2) is 25.0 Å². The lowest BCUT2D eigenvalue weighted by molar-refractivity contribution is -0.124. The first kappa shape index (κ1) is 20.3. The van der Waals surface area contributed by atoms with Gasteiger partial charge in [-0.2, -0.15) is 0 Å². The predicted molar refractivity (Wildman–Crippen MR) is 119 cm³/mol. The number of benzene rings is 1. The fourth-order valence-electron chi connectivity index (χ4n) is 5.67. The van der Waals surface area contributed by atoms with E-state index in [-0.39, 0.29) is 28.6 Å². The average molecular weight is 394 g/mol. The number of hydrogen-bond donors (Lipinski definition) is 0. The van der Waals surface area contributed by atoms with E-state index in [2.05, 4.69) is 76.9 Å². The molecule has 0 radical (unpaired) electrons. The highest BCUT2D eigenvalue weighted by atomic mass is 16.5. The lowest BCUT2D eigenvalue weighted by Crippen LogP contribution is -2.54. The van der Waals surface area contributed by atoms with Gasteiger partial charge in [-0.1, -0.05) is 43.7 Å². The summed E-state index contributed by atoms with van der Waals surface area (Å²) in [5.74, 6) is 1.67. The van der Waals surface area contributed by atoms with Crippen molar-refractivity contribution in [3.63, 3.8) is 0 Å². The zero-order valence-corrected chi connectivity index (χ0v) is 18.8. The van der Waals surface area contributed by atoms with E-state index in [1.165, 1.54) is 16.8 Å². The fourth-order valence-corrected chi connectivity index (χ4v) is 5.67. The topological polar surface area (TPSA) is 29.5 Å². The summed E-state index contributed by atoms with van der Waals surface area (Å²) in [7, 11) is 2.17. The standard InChI is InChI=1S/C26H35NO2/c1-17(2)10-9-13-26(5)19-16-27(6)20-12-8-7-11-18(20)23(19)24-21(28)14-25(3,4)15-22(24)29-26/h7-8,10-12,19,23H,9,13-16H2,1-6H3/t19-,23+,26+/m0/s1. The Morgan fingerprint density at radius 3 is 2.66 bits per heavy atom.